The Morgan fingerprint density at radius 3 is 2.53 bits per heavy atom. The number of allylic oxidation sites excluding steroid dienone is 1. The van der Waals surface area contributed by atoms with E-state index in [2.05, 4.69) is 0 Å². The van der Waals surface area contributed by atoms with E-state index in [0.29, 0.717) is 22.2 Å². The molecule has 2 aliphatic rings. The summed E-state index contributed by atoms with van der Waals surface area (Å²) in [5.41, 5.74) is 0.0686. The maximum Gasteiger partial charge on any atom is 0.219 e. The Balaban J connectivity index is 1.80. The van der Waals surface area contributed by atoms with E-state index < -0.39 is 5.60 Å². The topological polar surface area (TPSA) is 61.8 Å². The number of Topliss-reactive ketones (excluding diaryl/α,β-unsaturated/α-hetero) is 1. The van der Waals surface area contributed by atoms with Crippen LogP contribution in [0.15, 0.2) is 47.4 Å². The number of ether oxygens (including phenoxy) is 3. The minimum absolute atomic E-state index is 0.0216. The van der Waals surface area contributed by atoms with Gasteiger partial charge in [0.05, 0.1) is 14.2 Å². The van der Waals surface area contributed by atoms with Crippen molar-refractivity contribution < 1.29 is 23.8 Å². The van der Waals surface area contributed by atoms with Crippen LogP contribution >= 0.6 is 23.4 Å². The lowest BCUT2D eigenvalue weighted by Crippen LogP contribution is -2.50. The molecule has 0 unspecified atom stereocenters. The van der Waals surface area contributed by atoms with Gasteiger partial charge in [0.15, 0.2) is 11.5 Å². The molecule has 0 radical (unpaired) electrons. The van der Waals surface area contributed by atoms with Gasteiger partial charge in [-0.25, -0.2) is 0 Å². The summed E-state index contributed by atoms with van der Waals surface area (Å²) in [5.74, 6) is 0.918. The van der Waals surface area contributed by atoms with Crippen molar-refractivity contribution in [3.8, 4) is 17.2 Å². The maximum atomic E-state index is 13.8. The summed E-state index contributed by atoms with van der Waals surface area (Å²) in [6.45, 7) is 1.86. The van der Waals surface area contributed by atoms with Crippen LogP contribution in [0.5, 0.6) is 17.2 Å². The summed E-state index contributed by atoms with van der Waals surface area (Å²) >= 11 is 7.93. The highest BCUT2D eigenvalue weighted by molar-refractivity contribution is 8.02. The van der Waals surface area contributed by atoms with Gasteiger partial charge >= 0.3 is 0 Å². The number of rotatable bonds is 5. The Morgan fingerprint density at radius 1 is 1.17 bits per heavy atom. The van der Waals surface area contributed by atoms with Gasteiger partial charge < -0.3 is 14.2 Å². The number of fused-ring (bicyclic) bond motifs is 1. The first-order valence-electron chi connectivity index (χ1n) is 9.52. The number of carbonyl (C=O) groups excluding carboxylic acids is 2. The monoisotopic (exact) mass is 444 g/mol. The van der Waals surface area contributed by atoms with E-state index in [4.69, 9.17) is 25.8 Å². The van der Waals surface area contributed by atoms with Gasteiger partial charge in [-0.05, 0) is 11.6 Å². The fourth-order valence-corrected chi connectivity index (χ4v) is 5.52. The zero-order valence-corrected chi connectivity index (χ0v) is 18.4. The molecular weight excluding hydrogens is 424 g/mol. The average molecular weight is 445 g/mol. The van der Waals surface area contributed by atoms with E-state index in [0.717, 1.165) is 5.56 Å². The van der Waals surface area contributed by atoms with Crippen LogP contribution in [0, 0.1) is 5.92 Å². The van der Waals surface area contributed by atoms with Crippen molar-refractivity contribution in [2.45, 2.75) is 24.7 Å². The first kappa shape index (κ1) is 20.8. The van der Waals surface area contributed by atoms with E-state index in [1.807, 2.05) is 37.3 Å². The Morgan fingerprint density at radius 2 is 1.87 bits per heavy atom. The molecule has 1 aliphatic carbocycles. The van der Waals surface area contributed by atoms with E-state index in [1.165, 1.54) is 32.1 Å². The number of methoxy groups -OCH3 is 2. The lowest BCUT2D eigenvalue weighted by molar-refractivity contribution is -0.117. The predicted molar refractivity (Wildman–Crippen MR) is 117 cm³/mol. The number of thioether (sulfide) groups is 1. The molecule has 4 rings (SSSR count). The fraction of sp³-hybridized carbons (Fsp3) is 0.304. The minimum Gasteiger partial charge on any atom is -0.496 e. The molecule has 0 fully saturated rings. The van der Waals surface area contributed by atoms with Gasteiger partial charge in [-0.3, -0.25) is 9.59 Å². The second-order valence-electron chi connectivity index (χ2n) is 7.32. The van der Waals surface area contributed by atoms with Gasteiger partial charge in [-0.1, -0.05) is 48.9 Å². The molecule has 1 spiro atoms. The van der Waals surface area contributed by atoms with Crippen molar-refractivity contribution >= 4 is 34.9 Å². The van der Waals surface area contributed by atoms with Crippen LogP contribution in [-0.4, -0.2) is 31.4 Å². The highest BCUT2D eigenvalue weighted by atomic mass is 35.5. The van der Waals surface area contributed by atoms with Crippen molar-refractivity contribution in [2.75, 3.05) is 14.2 Å². The second kappa shape index (κ2) is 8.00. The first-order valence-corrected chi connectivity index (χ1v) is 10.9. The van der Waals surface area contributed by atoms with E-state index in [9.17, 15) is 9.59 Å². The van der Waals surface area contributed by atoms with Gasteiger partial charge in [0.2, 0.25) is 11.4 Å². The van der Waals surface area contributed by atoms with Gasteiger partial charge in [-0.15, -0.1) is 11.8 Å². The average Bonchev–Trinajstić information content (AvgIpc) is 3.06. The van der Waals surface area contributed by atoms with E-state index in [1.54, 1.807) is 6.07 Å². The smallest absolute Gasteiger partial charge is 0.219 e. The molecule has 1 heterocycles. The molecule has 30 heavy (non-hydrogen) atoms. The number of carbonyl (C=O) groups is 2. The Labute approximate surface area is 184 Å². The molecular formula is C23H21ClO5S. The lowest BCUT2D eigenvalue weighted by atomic mass is 9.77. The summed E-state index contributed by atoms with van der Waals surface area (Å²) in [5, 5.41) is 0.218. The molecule has 2 atom stereocenters. The van der Waals surface area contributed by atoms with Gasteiger partial charge in [-0.2, -0.15) is 0 Å². The van der Waals surface area contributed by atoms with Gasteiger partial charge in [0.25, 0.3) is 0 Å². The maximum absolute atomic E-state index is 13.8. The standard InChI is InChI=1S/C23H21ClO5S/c1-13-9-15(25)10-18(30-12-14-7-5-4-6-8-14)23(13)22(26)19-16(27-2)11-17(28-3)20(24)21(19)29-23/h4-8,10-11,13H,9,12H2,1-3H3/t13-,23+/m1/s1. The van der Waals surface area contributed by atoms with Gasteiger partial charge in [0, 0.05) is 29.1 Å². The van der Waals surface area contributed by atoms with Crippen molar-refractivity contribution in [1.29, 1.82) is 0 Å². The van der Waals surface area contributed by atoms with Gasteiger partial charge in [0.1, 0.15) is 22.1 Å². The van der Waals surface area contributed by atoms with Crippen LogP contribution in [-0.2, 0) is 10.5 Å². The highest BCUT2D eigenvalue weighted by Crippen LogP contribution is 2.56. The normalized spacial score (nSPS) is 22.5. The number of benzene rings is 2. The van der Waals surface area contributed by atoms with Crippen LogP contribution in [0.25, 0.3) is 0 Å². The number of hydrogen-bond donors (Lipinski definition) is 0. The van der Waals surface area contributed by atoms with Crippen molar-refractivity contribution in [1.82, 2.24) is 0 Å². The quantitative estimate of drug-likeness (QED) is 0.639. The fourth-order valence-electron chi connectivity index (χ4n) is 3.97. The molecule has 0 aromatic heterocycles. The number of hydrogen-bond acceptors (Lipinski definition) is 6. The first-order chi connectivity index (χ1) is 14.4. The molecule has 0 saturated carbocycles. The predicted octanol–water partition coefficient (Wildman–Crippen LogP) is 5.10. The van der Waals surface area contributed by atoms with Crippen molar-refractivity contribution in [3.63, 3.8) is 0 Å². The summed E-state index contributed by atoms with van der Waals surface area (Å²) in [4.78, 5) is 26.7. The largest absolute Gasteiger partial charge is 0.496 e. The molecule has 0 bridgehead atoms. The molecule has 7 heteroatoms. The second-order valence-corrected chi connectivity index (χ2v) is 8.72. The van der Waals surface area contributed by atoms with E-state index in [-0.39, 0.29) is 40.2 Å². The van der Waals surface area contributed by atoms with Crippen molar-refractivity contribution in [2.24, 2.45) is 5.92 Å². The lowest BCUT2D eigenvalue weighted by Gasteiger charge is -2.37. The third-order valence-electron chi connectivity index (χ3n) is 5.52. The minimum atomic E-state index is -1.31. The van der Waals surface area contributed by atoms with Crippen LogP contribution in [0.2, 0.25) is 5.02 Å². The Kier molecular flexibility index (Phi) is 5.55. The van der Waals surface area contributed by atoms with Crippen LogP contribution < -0.4 is 14.2 Å². The summed E-state index contributed by atoms with van der Waals surface area (Å²) < 4.78 is 17.1. The molecule has 2 aromatic carbocycles. The molecule has 156 valence electrons. The summed E-state index contributed by atoms with van der Waals surface area (Å²) in [7, 11) is 2.97. The van der Waals surface area contributed by atoms with Crippen LogP contribution in [0.4, 0.5) is 0 Å². The third-order valence-corrected chi connectivity index (χ3v) is 7.08. The zero-order valence-electron chi connectivity index (χ0n) is 16.9. The van der Waals surface area contributed by atoms with Crippen LogP contribution in [0.3, 0.4) is 0 Å². The Hall–Kier alpha value is -2.44. The molecule has 0 amide bonds. The summed E-state index contributed by atoms with van der Waals surface area (Å²) in [6, 6.07) is 11.5. The molecule has 1 aliphatic heterocycles. The number of halogens is 1. The third kappa shape index (κ3) is 3.19. The molecule has 2 aromatic rings. The van der Waals surface area contributed by atoms with E-state index >= 15 is 0 Å². The Bertz CT molecular complexity index is 1050. The molecule has 5 nitrogen and oxygen atoms in total. The molecule has 0 N–H and O–H groups in total. The zero-order chi connectivity index (χ0) is 21.5. The summed E-state index contributed by atoms with van der Waals surface area (Å²) in [6.07, 6.45) is 1.75. The SMILES string of the molecule is COc1cc(OC)c2c(c1Cl)O[C@]1(C2=O)C(SCc2ccccc2)=CC(=O)C[C@H]1C. The van der Waals surface area contributed by atoms with Crippen molar-refractivity contribution in [3.05, 3.63) is 63.5 Å². The van der Waals surface area contributed by atoms with Crippen LogP contribution in [0.1, 0.15) is 29.3 Å². The molecule has 0 saturated heterocycles. The number of ketones is 2. The highest BCUT2D eigenvalue weighted by Gasteiger charge is 2.58.